The highest BCUT2D eigenvalue weighted by Crippen LogP contribution is 2.16. The van der Waals surface area contributed by atoms with Crippen LogP contribution in [0.2, 0.25) is 0 Å². The Morgan fingerprint density at radius 2 is 1.38 bits per heavy atom. The third kappa shape index (κ3) is 5.30. The molecule has 0 spiro atoms. The normalized spacial score (nSPS) is 10.5. The van der Waals surface area contributed by atoms with E-state index in [9.17, 15) is 0 Å². The first-order valence-corrected chi connectivity index (χ1v) is 7.82. The first kappa shape index (κ1) is 17.4. The number of aromatic nitrogens is 2. The Kier molecular flexibility index (Phi) is 7.07. The van der Waals surface area contributed by atoms with Gasteiger partial charge in [-0.25, -0.2) is 0 Å². The number of hydrogen-bond acceptors (Lipinski definition) is 2. The van der Waals surface area contributed by atoms with Gasteiger partial charge < -0.3 is 0 Å². The second-order valence-corrected chi connectivity index (χ2v) is 5.92. The molecule has 0 saturated carbocycles. The van der Waals surface area contributed by atoms with Crippen molar-refractivity contribution in [2.75, 3.05) is 0 Å². The Labute approximate surface area is 129 Å². The average Bonchev–Trinajstić information content (AvgIpc) is 2.48. The largest absolute Gasteiger partial charge is 0.261 e. The van der Waals surface area contributed by atoms with Gasteiger partial charge in [-0.1, -0.05) is 46.8 Å². The minimum Gasteiger partial charge on any atom is -0.261 e. The fraction of sp³-hybridized carbons (Fsp3) is 0.474. The van der Waals surface area contributed by atoms with Crippen molar-refractivity contribution >= 4 is 0 Å². The molecule has 0 aromatic carbocycles. The third-order valence-corrected chi connectivity index (χ3v) is 3.45. The summed E-state index contributed by atoms with van der Waals surface area (Å²) in [4.78, 5) is 8.63. The van der Waals surface area contributed by atoms with Crippen LogP contribution >= 0.6 is 0 Å². The van der Waals surface area contributed by atoms with E-state index in [0.29, 0.717) is 11.8 Å². The lowest BCUT2D eigenvalue weighted by Gasteiger charge is -2.08. The predicted octanol–water partition coefficient (Wildman–Crippen LogP) is 5.28. The summed E-state index contributed by atoms with van der Waals surface area (Å²) in [5.74, 6) is 1.09. The van der Waals surface area contributed by atoms with E-state index in [0.717, 1.165) is 6.42 Å². The number of aryl methyl sites for hydroxylation is 2. The van der Waals surface area contributed by atoms with E-state index in [1.807, 2.05) is 24.5 Å². The minimum absolute atomic E-state index is 0.543. The molecule has 0 N–H and O–H groups in total. The molecule has 0 bridgehead atoms. The Hall–Kier alpha value is -1.70. The Morgan fingerprint density at radius 1 is 0.857 bits per heavy atom. The lowest BCUT2D eigenvalue weighted by Crippen LogP contribution is -1.97. The molecule has 0 aliphatic heterocycles. The number of rotatable bonds is 3. The van der Waals surface area contributed by atoms with Crippen molar-refractivity contribution < 1.29 is 0 Å². The second-order valence-electron chi connectivity index (χ2n) is 5.92. The van der Waals surface area contributed by atoms with E-state index in [1.165, 1.54) is 22.5 Å². The zero-order chi connectivity index (χ0) is 15.8. The fourth-order valence-electron chi connectivity index (χ4n) is 2.37. The van der Waals surface area contributed by atoms with Gasteiger partial charge in [-0.2, -0.15) is 0 Å². The highest BCUT2D eigenvalue weighted by atomic mass is 14.7. The Balaban J connectivity index is 0.000000211. The standard InChI is InChI=1S/C10H15N.C9H13N/c1-4-9-6-5-7-11-10(9)8(2)3;1-7(2)9-8(3)5-4-6-10-9/h5-8H,4H2,1-3H3;4-7H,1-3H3. The van der Waals surface area contributed by atoms with Crippen LogP contribution in [-0.2, 0) is 6.42 Å². The molecule has 0 unspecified atom stereocenters. The zero-order valence-electron chi connectivity index (χ0n) is 14.2. The maximum Gasteiger partial charge on any atom is 0.0460 e. The van der Waals surface area contributed by atoms with Gasteiger partial charge in [0.25, 0.3) is 0 Å². The molecule has 0 aliphatic carbocycles. The van der Waals surface area contributed by atoms with Crippen LogP contribution in [0.4, 0.5) is 0 Å². The first-order valence-electron chi connectivity index (χ1n) is 7.82. The summed E-state index contributed by atoms with van der Waals surface area (Å²) in [6, 6.07) is 8.23. The van der Waals surface area contributed by atoms with E-state index in [2.05, 4.69) is 63.6 Å². The molecule has 0 saturated heterocycles. The second kappa shape index (κ2) is 8.56. The predicted molar refractivity (Wildman–Crippen MR) is 90.8 cm³/mol. The molecular weight excluding hydrogens is 256 g/mol. The molecule has 2 rings (SSSR count). The monoisotopic (exact) mass is 284 g/mol. The smallest absolute Gasteiger partial charge is 0.0460 e. The highest BCUT2D eigenvalue weighted by molar-refractivity contribution is 5.22. The van der Waals surface area contributed by atoms with E-state index in [-0.39, 0.29) is 0 Å². The van der Waals surface area contributed by atoms with Gasteiger partial charge in [0.15, 0.2) is 0 Å². The minimum atomic E-state index is 0.543. The van der Waals surface area contributed by atoms with Crippen molar-refractivity contribution in [3.8, 4) is 0 Å². The molecule has 2 aromatic rings. The summed E-state index contributed by atoms with van der Waals surface area (Å²) in [6.45, 7) is 13.0. The molecule has 2 nitrogen and oxygen atoms in total. The summed E-state index contributed by atoms with van der Waals surface area (Å²) < 4.78 is 0. The quantitative estimate of drug-likeness (QED) is 0.766. The average molecular weight is 284 g/mol. The topological polar surface area (TPSA) is 25.8 Å². The molecule has 0 fully saturated rings. The van der Waals surface area contributed by atoms with Gasteiger partial charge in [0.1, 0.15) is 0 Å². The Morgan fingerprint density at radius 3 is 1.76 bits per heavy atom. The van der Waals surface area contributed by atoms with Crippen LogP contribution in [0.5, 0.6) is 0 Å². The van der Waals surface area contributed by atoms with Gasteiger partial charge in [0.05, 0.1) is 0 Å². The fourth-order valence-corrected chi connectivity index (χ4v) is 2.37. The van der Waals surface area contributed by atoms with Gasteiger partial charge in [-0.3, -0.25) is 9.97 Å². The van der Waals surface area contributed by atoms with Crippen molar-refractivity contribution in [2.24, 2.45) is 0 Å². The molecule has 0 aliphatic rings. The maximum atomic E-state index is 4.35. The summed E-state index contributed by atoms with van der Waals surface area (Å²) in [5, 5.41) is 0. The van der Waals surface area contributed by atoms with E-state index in [1.54, 1.807) is 0 Å². The van der Waals surface area contributed by atoms with Gasteiger partial charge in [-0.15, -0.1) is 0 Å². The van der Waals surface area contributed by atoms with Gasteiger partial charge in [0.2, 0.25) is 0 Å². The molecular formula is C19H28N2. The van der Waals surface area contributed by atoms with Gasteiger partial charge >= 0.3 is 0 Å². The van der Waals surface area contributed by atoms with E-state index < -0.39 is 0 Å². The van der Waals surface area contributed by atoms with Crippen molar-refractivity contribution in [1.82, 2.24) is 9.97 Å². The SMILES string of the molecule is CCc1cccnc1C(C)C.Cc1cccnc1C(C)C. The van der Waals surface area contributed by atoms with Crippen molar-refractivity contribution in [2.45, 2.75) is 59.8 Å². The third-order valence-electron chi connectivity index (χ3n) is 3.45. The van der Waals surface area contributed by atoms with Crippen LogP contribution < -0.4 is 0 Å². The maximum absolute atomic E-state index is 4.35. The van der Waals surface area contributed by atoms with Gasteiger partial charge in [-0.05, 0) is 48.4 Å². The molecule has 21 heavy (non-hydrogen) atoms. The molecule has 2 heteroatoms. The van der Waals surface area contributed by atoms with Crippen LogP contribution in [0.3, 0.4) is 0 Å². The van der Waals surface area contributed by atoms with Crippen molar-refractivity contribution in [3.63, 3.8) is 0 Å². The Bertz CT molecular complexity index is 545. The number of nitrogens with zero attached hydrogens (tertiary/aromatic N) is 2. The van der Waals surface area contributed by atoms with Crippen molar-refractivity contribution in [1.29, 1.82) is 0 Å². The van der Waals surface area contributed by atoms with E-state index >= 15 is 0 Å². The summed E-state index contributed by atoms with van der Waals surface area (Å²) in [6.07, 6.45) is 4.80. The first-order chi connectivity index (χ1) is 9.97. The highest BCUT2D eigenvalue weighted by Gasteiger charge is 2.04. The molecule has 114 valence electrons. The summed E-state index contributed by atoms with van der Waals surface area (Å²) in [5.41, 5.74) is 5.12. The lowest BCUT2D eigenvalue weighted by atomic mass is 10.0. The van der Waals surface area contributed by atoms with E-state index in [4.69, 9.17) is 0 Å². The van der Waals surface area contributed by atoms with Crippen LogP contribution in [0, 0.1) is 6.92 Å². The molecule has 0 radical (unpaired) electrons. The van der Waals surface area contributed by atoms with Crippen molar-refractivity contribution in [3.05, 3.63) is 59.2 Å². The van der Waals surface area contributed by atoms with Crippen LogP contribution in [0.25, 0.3) is 0 Å². The van der Waals surface area contributed by atoms with Gasteiger partial charge in [0, 0.05) is 23.8 Å². The molecule has 2 heterocycles. The molecule has 0 amide bonds. The molecule has 0 atom stereocenters. The van der Waals surface area contributed by atoms with Crippen LogP contribution in [0.1, 0.15) is 69.0 Å². The number of hydrogen-bond donors (Lipinski definition) is 0. The number of pyridine rings is 2. The lowest BCUT2D eigenvalue weighted by molar-refractivity contribution is 0.800. The van der Waals surface area contributed by atoms with Crippen LogP contribution in [-0.4, -0.2) is 9.97 Å². The summed E-state index contributed by atoms with van der Waals surface area (Å²) >= 11 is 0. The zero-order valence-corrected chi connectivity index (χ0v) is 14.2. The van der Waals surface area contributed by atoms with Crippen LogP contribution in [0.15, 0.2) is 36.7 Å². The summed E-state index contributed by atoms with van der Waals surface area (Å²) in [7, 11) is 0. The molecule has 2 aromatic heterocycles.